The molecule has 0 atom stereocenters. The monoisotopic (exact) mass is 379 g/mol. The van der Waals surface area contributed by atoms with Gasteiger partial charge in [-0.05, 0) is 30.7 Å². The fourth-order valence-corrected chi connectivity index (χ4v) is 3.11. The Hall–Kier alpha value is -1.65. The molecule has 3 aromatic rings. The molecule has 0 unspecified atom stereocenters. The van der Waals surface area contributed by atoms with E-state index < -0.39 is 5.82 Å². The van der Waals surface area contributed by atoms with Crippen LogP contribution < -0.4 is 4.74 Å². The summed E-state index contributed by atoms with van der Waals surface area (Å²) in [6.45, 7) is 1.89. The van der Waals surface area contributed by atoms with Gasteiger partial charge in [-0.2, -0.15) is 0 Å². The van der Waals surface area contributed by atoms with Gasteiger partial charge < -0.3 is 4.74 Å². The van der Waals surface area contributed by atoms with E-state index >= 15 is 0 Å². The van der Waals surface area contributed by atoms with E-state index in [2.05, 4.69) is 20.9 Å². The fraction of sp³-hybridized carbons (Fsp3) is 0.118. The van der Waals surface area contributed by atoms with Gasteiger partial charge in [-0.15, -0.1) is 0 Å². The van der Waals surface area contributed by atoms with Gasteiger partial charge in [0.1, 0.15) is 0 Å². The van der Waals surface area contributed by atoms with Crippen LogP contribution in [0.3, 0.4) is 0 Å². The molecule has 0 amide bonds. The molecule has 22 heavy (non-hydrogen) atoms. The fourth-order valence-electron chi connectivity index (χ4n) is 2.45. The molecular formula is C17H12BrClFNO. The van der Waals surface area contributed by atoms with Crippen LogP contribution in [0.1, 0.15) is 5.69 Å². The number of halogens is 3. The number of rotatable bonds is 2. The number of fused-ring (bicyclic) bond motifs is 1. The average molecular weight is 381 g/mol. The maximum absolute atomic E-state index is 14.0. The summed E-state index contributed by atoms with van der Waals surface area (Å²) < 4.78 is 19.9. The van der Waals surface area contributed by atoms with E-state index in [1.807, 2.05) is 31.2 Å². The lowest BCUT2D eigenvalue weighted by Crippen LogP contribution is -1.95. The normalized spacial score (nSPS) is 11.0. The quantitative estimate of drug-likeness (QED) is 0.563. The molecule has 0 radical (unpaired) electrons. The summed E-state index contributed by atoms with van der Waals surface area (Å²) in [5.74, 6) is -0.295. The van der Waals surface area contributed by atoms with Crippen LogP contribution in [0.15, 0.2) is 40.9 Å². The minimum Gasteiger partial charge on any atom is -0.494 e. The van der Waals surface area contributed by atoms with Crippen LogP contribution in [0.4, 0.5) is 4.39 Å². The highest BCUT2D eigenvalue weighted by Crippen LogP contribution is 2.37. The highest BCUT2D eigenvalue weighted by molar-refractivity contribution is 9.10. The predicted molar refractivity (Wildman–Crippen MR) is 91.1 cm³/mol. The predicted octanol–water partition coefficient (Wildman–Crippen LogP) is 5.77. The first-order chi connectivity index (χ1) is 10.5. The molecule has 1 aromatic heterocycles. The number of methoxy groups -OCH3 is 1. The highest BCUT2D eigenvalue weighted by atomic mass is 79.9. The van der Waals surface area contributed by atoms with Crippen LogP contribution in [-0.4, -0.2) is 12.1 Å². The van der Waals surface area contributed by atoms with Gasteiger partial charge in [-0.3, -0.25) is 4.98 Å². The van der Waals surface area contributed by atoms with E-state index in [1.54, 1.807) is 6.07 Å². The van der Waals surface area contributed by atoms with E-state index in [0.29, 0.717) is 15.9 Å². The lowest BCUT2D eigenvalue weighted by molar-refractivity contribution is 0.387. The van der Waals surface area contributed by atoms with Gasteiger partial charge >= 0.3 is 0 Å². The van der Waals surface area contributed by atoms with Crippen molar-refractivity contribution in [2.24, 2.45) is 0 Å². The molecule has 5 heteroatoms. The van der Waals surface area contributed by atoms with Gasteiger partial charge in [0, 0.05) is 27.2 Å². The minimum absolute atomic E-state index is 0.159. The van der Waals surface area contributed by atoms with Crippen LogP contribution in [-0.2, 0) is 0 Å². The number of benzene rings is 2. The number of nitrogens with zero attached hydrogens (tertiary/aromatic N) is 1. The zero-order chi connectivity index (χ0) is 15.9. The van der Waals surface area contributed by atoms with Crippen LogP contribution in [0.5, 0.6) is 5.75 Å². The van der Waals surface area contributed by atoms with E-state index in [1.165, 1.54) is 13.2 Å². The van der Waals surface area contributed by atoms with Gasteiger partial charge in [-0.25, -0.2) is 4.39 Å². The summed E-state index contributed by atoms with van der Waals surface area (Å²) in [6, 6.07) is 10.7. The second-order valence-corrected chi connectivity index (χ2v) is 6.19. The van der Waals surface area contributed by atoms with Crippen LogP contribution in [0.2, 0.25) is 5.02 Å². The number of aromatic nitrogens is 1. The number of hydrogen-bond acceptors (Lipinski definition) is 2. The first kappa shape index (κ1) is 15.3. The molecule has 112 valence electrons. The van der Waals surface area contributed by atoms with E-state index in [9.17, 15) is 4.39 Å². The molecule has 2 aromatic carbocycles. The molecule has 0 N–H and O–H groups in total. The first-order valence-corrected chi connectivity index (χ1v) is 7.77. The van der Waals surface area contributed by atoms with Crippen molar-refractivity contribution in [2.75, 3.05) is 7.11 Å². The van der Waals surface area contributed by atoms with Crippen LogP contribution >= 0.6 is 27.5 Å². The largest absolute Gasteiger partial charge is 0.494 e. The summed E-state index contributed by atoms with van der Waals surface area (Å²) in [4.78, 5) is 4.54. The summed E-state index contributed by atoms with van der Waals surface area (Å²) in [5.41, 5.74) is 3.15. The summed E-state index contributed by atoms with van der Waals surface area (Å²) >= 11 is 9.94. The summed E-state index contributed by atoms with van der Waals surface area (Å²) in [5, 5.41) is 1.06. The Labute approximate surface area is 141 Å². The Morgan fingerprint density at radius 2 is 1.86 bits per heavy atom. The SMILES string of the molecule is COc1cc2nc(C)c(-c3ccc(Br)cc3)c(Cl)c2cc1F. The third kappa shape index (κ3) is 2.57. The van der Waals surface area contributed by atoms with Gasteiger partial charge in [-0.1, -0.05) is 39.7 Å². The van der Waals surface area contributed by atoms with Crippen molar-refractivity contribution in [3.8, 4) is 16.9 Å². The Morgan fingerprint density at radius 3 is 2.50 bits per heavy atom. The molecule has 0 saturated heterocycles. The van der Waals surface area contributed by atoms with Crippen molar-refractivity contribution in [3.63, 3.8) is 0 Å². The third-order valence-corrected chi connectivity index (χ3v) is 4.43. The number of ether oxygens (including phenoxy) is 1. The Balaban J connectivity index is 2.30. The molecule has 0 aliphatic rings. The number of aryl methyl sites for hydroxylation is 1. The highest BCUT2D eigenvalue weighted by Gasteiger charge is 2.15. The smallest absolute Gasteiger partial charge is 0.165 e. The van der Waals surface area contributed by atoms with Crippen molar-refractivity contribution < 1.29 is 9.13 Å². The van der Waals surface area contributed by atoms with E-state index in [-0.39, 0.29) is 5.75 Å². The van der Waals surface area contributed by atoms with Crippen molar-refractivity contribution in [1.29, 1.82) is 0 Å². The summed E-state index contributed by atoms with van der Waals surface area (Å²) in [6.07, 6.45) is 0. The van der Waals surface area contributed by atoms with Gasteiger partial charge in [0.05, 0.1) is 17.6 Å². The topological polar surface area (TPSA) is 22.1 Å². The van der Waals surface area contributed by atoms with E-state index in [4.69, 9.17) is 16.3 Å². The number of pyridine rings is 1. The average Bonchev–Trinajstić information content (AvgIpc) is 2.49. The lowest BCUT2D eigenvalue weighted by Gasteiger charge is -2.12. The molecule has 0 aliphatic heterocycles. The molecule has 3 rings (SSSR count). The van der Waals surface area contributed by atoms with Crippen LogP contribution in [0.25, 0.3) is 22.0 Å². The van der Waals surface area contributed by atoms with Crippen molar-refractivity contribution in [1.82, 2.24) is 4.98 Å². The van der Waals surface area contributed by atoms with Gasteiger partial charge in [0.25, 0.3) is 0 Å². The maximum atomic E-state index is 14.0. The third-order valence-electron chi connectivity index (χ3n) is 3.51. The first-order valence-electron chi connectivity index (χ1n) is 6.60. The molecular weight excluding hydrogens is 369 g/mol. The number of hydrogen-bond donors (Lipinski definition) is 0. The van der Waals surface area contributed by atoms with Crippen LogP contribution in [0, 0.1) is 12.7 Å². The summed E-state index contributed by atoms with van der Waals surface area (Å²) in [7, 11) is 1.43. The lowest BCUT2D eigenvalue weighted by atomic mass is 10.0. The zero-order valence-electron chi connectivity index (χ0n) is 12.0. The Morgan fingerprint density at radius 1 is 1.18 bits per heavy atom. The molecule has 2 nitrogen and oxygen atoms in total. The van der Waals surface area contributed by atoms with Crippen molar-refractivity contribution in [3.05, 3.63) is 57.4 Å². The van der Waals surface area contributed by atoms with Gasteiger partial charge in [0.15, 0.2) is 11.6 Å². The van der Waals surface area contributed by atoms with Crippen molar-refractivity contribution in [2.45, 2.75) is 6.92 Å². The molecule has 0 saturated carbocycles. The minimum atomic E-state index is -0.454. The van der Waals surface area contributed by atoms with E-state index in [0.717, 1.165) is 21.3 Å². The Kier molecular flexibility index (Phi) is 4.06. The van der Waals surface area contributed by atoms with Crippen molar-refractivity contribution >= 4 is 38.4 Å². The second-order valence-electron chi connectivity index (χ2n) is 4.90. The Bertz CT molecular complexity index is 865. The second kappa shape index (κ2) is 5.86. The molecule has 0 aliphatic carbocycles. The zero-order valence-corrected chi connectivity index (χ0v) is 14.3. The molecule has 0 bridgehead atoms. The van der Waals surface area contributed by atoms with Gasteiger partial charge in [0.2, 0.25) is 0 Å². The standard InChI is InChI=1S/C17H12BrClFNO/c1-9-16(10-3-5-11(18)6-4-10)17(19)12-7-13(20)15(22-2)8-14(12)21-9/h3-8H,1-2H3. The molecule has 0 fully saturated rings. The maximum Gasteiger partial charge on any atom is 0.165 e. The molecule has 0 spiro atoms. The molecule has 1 heterocycles.